The van der Waals surface area contributed by atoms with Crippen molar-refractivity contribution in [3.63, 3.8) is 0 Å². The summed E-state index contributed by atoms with van der Waals surface area (Å²) >= 11 is 0. The van der Waals surface area contributed by atoms with Gasteiger partial charge in [0.2, 0.25) is 0 Å². The third-order valence-corrected chi connectivity index (χ3v) is 0.683. The summed E-state index contributed by atoms with van der Waals surface area (Å²) in [5.74, 6) is 0. The van der Waals surface area contributed by atoms with Crippen molar-refractivity contribution in [1.29, 1.82) is 0 Å². The van der Waals surface area contributed by atoms with Gasteiger partial charge in [-0.05, 0) is 0 Å². The van der Waals surface area contributed by atoms with E-state index in [-0.39, 0.29) is 0 Å². The summed E-state index contributed by atoms with van der Waals surface area (Å²) < 4.78 is 0. The van der Waals surface area contributed by atoms with Crippen molar-refractivity contribution in [1.82, 2.24) is 5.32 Å². The first-order chi connectivity index (χ1) is 2.89. The van der Waals surface area contributed by atoms with Crippen LogP contribution in [0.4, 0.5) is 0 Å². The van der Waals surface area contributed by atoms with E-state index in [4.69, 9.17) is 0 Å². The Morgan fingerprint density at radius 2 is 2.67 bits per heavy atom. The van der Waals surface area contributed by atoms with Crippen LogP contribution in [0.5, 0.6) is 0 Å². The van der Waals surface area contributed by atoms with E-state index in [1.54, 1.807) is 0 Å². The normalized spacial score (nSPS) is 15.8. The lowest BCUT2D eigenvalue weighted by Gasteiger charge is -1.59. The molecule has 1 rings (SSSR count). The minimum atomic E-state index is 1.23. The maximum absolute atomic E-state index is 2.80. The van der Waals surface area contributed by atoms with Gasteiger partial charge in [0.1, 0.15) is 17.8 Å². The Morgan fingerprint density at radius 3 is 2.83 bits per heavy atom. The van der Waals surface area contributed by atoms with Crippen molar-refractivity contribution in [2.24, 2.45) is 0 Å². The third-order valence-electron chi connectivity index (χ3n) is 0.683. The monoisotopic (exact) mass is 80.0 g/mol. The highest BCUT2D eigenvalue weighted by molar-refractivity contribution is 5.17. The summed E-state index contributed by atoms with van der Waals surface area (Å²) in [6, 6.07) is 0. The second kappa shape index (κ2) is 1.11. The molecule has 0 radical (unpaired) electrons. The fourth-order valence-electron chi connectivity index (χ4n) is 0.353. The van der Waals surface area contributed by atoms with Gasteiger partial charge in [-0.2, -0.15) is 0 Å². The van der Waals surface area contributed by atoms with Crippen LogP contribution >= 0.6 is 0 Å². The minimum absolute atomic E-state index is 1.23. The summed E-state index contributed by atoms with van der Waals surface area (Å²) in [5, 5.41) is 2.80. The lowest BCUT2D eigenvalue weighted by atomic mass is 10.4. The summed E-state index contributed by atoms with van der Waals surface area (Å²) in [5.41, 5.74) is 1.23. The molecule has 1 nitrogen and oxygen atoms in total. The summed E-state index contributed by atoms with van der Waals surface area (Å²) in [6.07, 6.45) is 6.61. The van der Waals surface area contributed by atoms with E-state index in [1.807, 2.05) is 19.2 Å². The van der Waals surface area contributed by atoms with Gasteiger partial charge in [0, 0.05) is 6.92 Å². The first-order valence-corrected chi connectivity index (χ1v) is 1.90. The van der Waals surface area contributed by atoms with Gasteiger partial charge in [0.05, 0.1) is 0 Å². The largest absolute Gasteiger partial charge is 0.205 e. The van der Waals surface area contributed by atoms with Crippen LogP contribution in [0.15, 0.2) is 17.8 Å². The molecule has 1 heterocycles. The SMILES string of the molecule is CC1=CN[C+]=C1. The molecule has 0 amide bonds. The molecule has 0 saturated carbocycles. The summed E-state index contributed by atoms with van der Waals surface area (Å²) in [6.45, 7) is 2.02. The van der Waals surface area contributed by atoms with Crippen molar-refractivity contribution in [2.45, 2.75) is 6.92 Å². The van der Waals surface area contributed by atoms with Crippen molar-refractivity contribution in [2.75, 3.05) is 0 Å². The van der Waals surface area contributed by atoms with Crippen LogP contribution in [0, 0.1) is 6.20 Å². The number of hydrogen-bond donors (Lipinski definition) is 1. The van der Waals surface area contributed by atoms with Gasteiger partial charge in [0.25, 0.3) is 0 Å². The highest BCUT2D eigenvalue weighted by Crippen LogP contribution is 1.94. The van der Waals surface area contributed by atoms with Gasteiger partial charge in [-0.25, -0.2) is 5.32 Å². The zero-order valence-corrected chi connectivity index (χ0v) is 3.65. The molecule has 0 spiro atoms. The molecule has 0 unspecified atom stereocenters. The van der Waals surface area contributed by atoms with E-state index in [2.05, 4.69) is 11.5 Å². The number of rotatable bonds is 0. The average molecular weight is 80.1 g/mol. The molecule has 0 saturated heterocycles. The zero-order chi connectivity index (χ0) is 4.41. The zero-order valence-electron chi connectivity index (χ0n) is 3.65. The lowest BCUT2D eigenvalue weighted by Crippen LogP contribution is -1.84. The Morgan fingerprint density at radius 1 is 1.83 bits per heavy atom. The molecule has 0 aromatic rings. The fraction of sp³-hybridized carbons (Fsp3) is 0.200. The molecule has 0 fully saturated rings. The van der Waals surface area contributed by atoms with Crippen LogP contribution in [0.25, 0.3) is 0 Å². The predicted octanol–water partition coefficient (Wildman–Crippen LogP) is 0.810. The Labute approximate surface area is 37.4 Å². The maximum atomic E-state index is 2.80. The fourth-order valence-corrected chi connectivity index (χ4v) is 0.353. The molecule has 0 aromatic carbocycles. The Bertz CT molecular complexity index is 97.8. The maximum Gasteiger partial charge on any atom is 0.155 e. The smallest absolute Gasteiger partial charge is 0.155 e. The highest BCUT2D eigenvalue weighted by Gasteiger charge is 1.97. The second-order valence-electron chi connectivity index (χ2n) is 1.32. The van der Waals surface area contributed by atoms with Crippen molar-refractivity contribution >= 4 is 0 Å². The summed E-state index contributed by atoms with van der Waals surface area (Å²) in [7, 11) is 0. The first kappa shape index (κ1) is 3.38. The Kier molecular flexibility index (Phi) is 0.627. The third kappa shape index (κ3) is 0.399. The number of nitrogens with one attached hydrogen (secondary N) is 1. The van der Waals surface area contributed by atoms with E-state index in [0.29, 0.717) is 0 Å². The van der Waals surface area contributed by atoms with E-state index < -0.39 is 0 Å². The van der Waals surface area contributed by atoms with Crippen molar-refractivity contribution in [3.05, 3.63) is 24.0 Å². The van der Waals surface area contributed by atoms with Crippen molar-refractivity contribution < 1.29 is 0 Å². The number of hydrogen-bond acceptors (Lipinski definition) is 1. The van der Waals surface area contributed by atoms with Crippen LogP contribution < -0.4 is 5.32 Å². The van der Waals surface area contributed by atoms with Gasteiger partial charge < -0.3 is 0 Å². The van der Waals surface area contributed by atoms with Gasteiger partial charge >= 0.3 is 0 Å². The molecule has 6 heavy (non-hydrogen) atoms. The number of allylic oxidation sites excluding steroid dienone is 2. The van der Waals surface area contributed by atoms with Gasteiger partial charge in [-0.3, -0.25) is 0 Å². The second-order valence-corrected chi connectivity index (χ2v) is 1.32. The average Bonchev–Trinajstić information content (AvgIpc) is 1.86. The molecule has 30 valence electrons. The molecule has 0 bridgehead atoms. The highest BCUT2D eigenvalue weighted by atomic mass is 14.8. The topological polar surface area (TPSA) is 12.0 Å². The molecular weight excluding hydrogens is 74.1 g/mol. The van der Waals surface area contributed by atoms with Crippen LogP contribution in [0.1, 0.15) is 6.92 Å². The molecule has 1 N–H and O–H groups in total. The molecule has 1 aliphatic rings. The quantitative estimate of drug-likeness (QED) is 0.424. The molecule has 1 aliphatic heterocycles. The van der Waals surface area contributed by atoms with Crippen LogP contribution in [-0.4, -0.2) is 0 Å². The first-order valence-electron chi connectivity index (χ1n) is 1.90. The van der Waals surface area contributed by atoms with E-state index >= 15 is 0 Å². The summed E-state index contributed by atoms with van der Waals surface area (Å²) in [4.78, 5) is 0. The van der Waals surface area contributed by atoms with Gasteiger partial charge in [-0.1, -0.05) is 0 Å². The standard InChI is InChI=1S/C5H6N/c1-5-2-3-6-4-5/h2,4,6H,1H3/q+1. The van der Waals surface area contributed by atoms with E-state index in [9.17, 15) is 0 Å². The lowest BCUT2D eigenvalue weighted by molar-refractivity contribution is 1.18. The van der Waals surface area contributed by atoms with Crippen molar-refractivity contribution in [3.8, 4) is 0 Å². The molecule has 0 atom stereocenters. The van der Waals surface area contributed by atoms with Crippen LogP contribution in [0.3, 0.4) is 0 Å². The van der Waals surface area contributed by atoms with Gasteiger partial charge in [0.15, 0.2) is 6.20 Å². The van der Waals surface area contributed by atoms with Crippen LogP contribution in [0.2, 0.25) is 0 Å². The molecule has 1 heteroatoms. The Hall–Kier alpha value is -0.810. The van der Waals surface area contributed by atoms with Crippen LogP contribution in [-0.2, 0) is 0 Å². The van der Waals surface area contributed by atoms with Gasteiger partial charge in [-0.15, -0.1) is 0 Å². The Balaban J connectivity index is 2.68. The molecule has 0 aromatic heterocycles. The molecule has 0 aliphatic carbocycles. The van der Waals surface area contributed by atoms with E-state index in [1.165, 1.54) is 5.57 Å². The van der Waals surface area contributed by atoms with E-state index in [0.717, 1.165) is 0 Å². The minimum Gasteiger partial charge on any atom is -0.205 e. The predicted molar refractivity (Wildman–Crippen MR) is 24.7 cm³/mol. The molecular formula is C5H6N+.